The average Bonchev–Trinajstić information content (AvgIpc) is 3.36. The van der Waals surface area contributed by atoms with Crippen LogP contribution in [0.3, 0.4) is 0 Å². The summed E-state index contributed by atoms with van der Waals surface area (Å²) < 4.78 is 5.86. The highest BCUT2D eigenvalue weighted by molar-refractivity contribution is 5.95. The van der Waals surface area contributed by atoms with Crippen molar-refractivity contribution < 1.29 is 23.9 Å². The predicted octanol–water partition coefficient (Wildman–Crippen LogP) is 6.01. The number of rotatable bonds is 10. The van der Waals surface area contributed by atoms with Crippen molar-refractivity contribution in [1.82, 2.24) is 10.3 Å². The lowest BCUT2D eigenvalue weighted by molar-refractivity contribution is -0.137. The Kier molecular flexibility index (Phi) is 8.05. The molecule has 9 nitrogen and oxygen atoms in total. The maximum atomic E-state index is 12.8. The summed E-state index contributed by atoms with van der Waals surface area (Å²) >= 11 is 0. The van der Waals surface area contributed by atoms with Crippen LogP contribution in [0, 0.1) is 6.92 Å². The van der Waals surface area contributed by atoms with Crippen molar-refractivity contribution in [2.45, 2.75) is 25.8 Å². The van der Waals surface area contributed by atoms with Crippen LogP contribution in [0.25, 0.3) is 11.1 Å². The number of carbonyl (C=O) groups is 3. The molecule has 0 saturated heterocycles. The summed E-state index contributed by atoms with van der Waals surface area (Å²) in [6.45, 7) is 1.99. The van der Waals surface area contributed by atoms with E-state index in [1.165, 1.54) is 0 Å². The quantitative estimate of drug-likeness (QED) is 0.168. The molecule has 5 aromatic rings. The fraction of sp³-hybridized carbons (Fsp3) is 0.125. The van der Waals surface area contributed by atoms with Gasteiger partial charge in [0.2, 0.25) is 5.91 Å². The molecule has 1 atom stereocenters. The molecular weight excluding hydrogens is 520 g/mol. The van der Waals surface area contributed by atoms with Crippen LogP contribution in [-0.2, 0) is 16.0 Å². The van der Waals surface area contributed by atoms with E-state index in [4.69, 9.17) is 4.42 Å². The Morgan fingerprint density at radius 1 is 0.902 bits per heavy atom. The number of fused-ring (bicyclic) bond motifs is 1. The second-order valence-electron chi connectivity index (χ2n) is 9.60. The van der Waals surface area contributed by atoms with Crippen molar-refractivity contribution in [2.75, 3.05) is 10.6 Å². The normalized spacial score (nSPS) is 11.5. The zero-order chi connectivity index (χ0) is 28.8. The van der Waals surface area contributed by atoms with E-state index in [9.17, 15) is 19.5 Å². The van der Waals surface area contributed by atoms with Gasteiger partial charge in [0, 0.05) is 16.9 Å². The number of aromatic nitrogens is 1. The number of anilines is 3. The summed E-state index contributed by atoms with van der Waals surface area (Å²) in [5.41, 5.74) is 5.57. The van der Waals surface area contributed by atoms with E-state index in [2.05, 4.69) is 20.9 Å². The van der Waals surface area contributed by atoms with Crippen molar-refractivity contribution in [3.05, 3.63) is 119 Å². The van der Waals surface area contributed by atoms with Crippen LogP contribution in [0.1, 0.15) is 39.5 Å². The molecule has 0 saturated carbocycles. The number of carboxylic acid groups (broad SMARTS) is 1. The molecule has 1 aromatic heterocycles. The molecule has 41 heavy (non-hydrogen) atoms. The zero-order valence-electron chi connectivity index (χ0n) is 22.3. The van der Waals surface area contributed by atoms with Crippen molar-refractivity contribution >= 4 is 46.3 Å². The molecule has 0 bridgehead atoms. The number of aliphatic carboxylic acids is 1. The van der Waals surface area contributed by atoms with E-state index in [0.717, 1.165) is 16.8 Å². The molecule has 0 radical (unpaired) electrons. The van der Waals surface area contributed by atoms with E-state index < -0.39 is 12.0 Å². The average molecular weight is 549 g/mol. The predicted molar refractivity (Wildman–Crippen MR) is 156 cm³/mol. The molecule has 0 aliphatic rings. The van der Waals surface area contributed by atoms with Crippen LogP contribution in [0.15, 0.2) is 101 Å². The van der Waals surface area contributed by atoms with Crippen LogP contribution in [-0.4, -0.2) is 27.9 Å². The molecular formula is C32H28N4O5. The lowest BCUT2D eigenvalue weighted by Crippen LogP contribution is -2.30. The van der Waals surface area contributed by atoms with Crippen LogP contribution in [0.2, 0.25) is 0 Å². The Balaban J connectivity index is 1.22. The van der Waals surface area contributed by atoms with E-state index in [0.29, 0.717) is 33.9 Å². The fourth-order valence-electron chi connectivity index (χ4n) is 4.41. The monoisotopic (exact) mass is 548 g/mol. The summed E-state index contributed by atoms with van der Waals surface area (Å²) in [7, 11) is 0. The van der Waals surface area contributed by atoms with E-state index >= 15 is 0 Å². The number of carbonyl (C=O) groups excluding carboxylic acids is 2. The first-order chi connectivity index (χ1) is 19.8. The molecule has 4 aromatic carbocycles. The highest BCUT2D eigenvalue weighted by Crippen LogP contribution is 2.25. The Labute approximate surface area is 236 Å². The van der Waals surface area contributed by atoms with Crippen molar-refractivity contribution in [3.8, 4) is 0 Å². The summed E-state index contributed by atoms with van der Waals surface area (Å²) in [6.07, 6.45) is -0.162. The van der Waals surface area contributed by atoms with Gasteiger partial charge >= 0.3 is 5.97 Å². The van der Waals surface area contributed by atoms with Crippen LogP contribution < -0.4 is 16.0 Å². The third-order valence-corrected chi connectivity index (χ3v) is 6.52. The number of nitrogens with zero attached hydrogens (tertiary/aromatic N) is 1. The van der Waals surface area contributed by atoms with Crippen LogP contribution >= 0.6 is 0 Å². The summed E-state index contributed by atoms with van der Waals surface area (Å²) in [5, 5.41) is 18.2. The maximum Gasteiger partial charge on any atom is 0.305 e. The number of hydrogen-bond donors (Lipinski definition) is 4. The molecule has 4 N–H and O–H groups in total. The Hall–Kier alpha value is -5.44. The highest BCUT2D eigenvalue weighted by atomic mass is 16.4. The van der Waals surface area contributed by atoms with E-state index in [1.807, 2.05) is 43.3 Å². The number of oxazole rings is 1. The molecule has 0 unspecified atom stereocenters. The maximum absolute atomic E-state index is 12.8. The molecule has 0 spiro atoms. The first kappa shape index (κ1) is 27.1. The van der Waals surface area contributed by atoms with Crippen molar-refractivity contribution in [3.63, 3.8) is 0 Å². The second-order valence-corrected chi connectivity index (χ2v) is 9.60. The van der Waals surface area contributed by atoms with Gasteiger partial charge in [-0.25, -0.2) is 0 Å². The third-order valence-electron chi connectivity index (χ3n) is 6.52. The Morgan fingerprint density at radius 2 is 1.63 bits per heavy atom. The lowest BCUT2D eigenvalue weighted by atomic mass is 10.0. The van der Waals surface area contributed by atoms with Gasteiger partial charge in [-0.2, -0.15) is 4.98 Å². The Morgan fingerprint density at radius 3 is 2.37 bits per heavy atom. The van der Waals surface area contributed by atoms with Gasteiger partial charge in [0.25, 0.3) is 11.9 Å². The molecule has 0 aliphatic heterocycles. The number of benzene rings is 4. The Bertz CT molecular complexity index is 1700. The van der Waals surface area contributed by atoms with Gasteiger partial charge in [0.1, 0.15) is 5.52 Å². The number of para-hydroxylation sites is 1. The van der Waals surface area contributed by atoms with Gasteiger partial charge in [-0.05, 0) is 66.1 Å². The van der Waals surface area contributed by atoms with Crippen molar-refractivity contribution in [1.29, 1.82) is 0 Å². The summed E-state index contributed by atoms with van der Waals surface area (Å²) in [4.78, 5) is 41.3. The molecule has 0 fully saturated rings. The number of carboxylic acids is 1. The SMILES string of the molecule is Cc1ccccc1Nc1nc2ccc(CC(=O)Nc3ccc([C@@H](CC(=O)O)NC(=O)c4ccccc4)cc3)cc2o1. The van der Waals surface area contributed by atoms with Gasteiger partial charge in [0.05, 0.1) is 18.9 Å². The van der Waals surface area contributed by atoms with Crippen LogP contribution in [0.4, 0.5) is 17.4 Å². The lowest BCUT2D eigenvalue weighted by Gasteiger charge is -2.18. The number of aryl methyl sites for hydroxylation is 1. The summed E-state index contributed by atoms with van der Waals surface area (Å²) in [6, 6.07) is 28.2. The highest BCUT2D eigenvalue weighted by Gasteiger charge is 2.19. The van der Waals surface area contributed by atoms with Gasteiger partial charge in [-0.15, -0.1) is 0 Å². The van der Waals surface area contributed by atoms with E-state index in [-0.39, 0.29) is 24.7 Å². The van der Waals surface area contributed by atoms with Gasteiger partial charge in [0.15, 0.2) is 5.58 Å². The smallest absolute Gasteiger partial charge is 0.305 e. The molecule has 1 heterocycles. The molecule has 9 heteroatoms. The van der Waals surface area contributed by atoms with E-state index in [1.54, 1.807) is 60.7 Å². The second kappa shape index (κ2) is 12.2. The fourth-order valence-corrected chi connectivity index (χ4v) is 4.41. The minimum atomic E-state index is -1.04. The molecule has 0 aliphatic carbocycles. The minimum Gasteiger partial charge on any atom is -0.481 e. The minimum absolute atomic E-state index is 0.119. The molecule has 206 valence electrons. The summed E-state index contributed by atoms with van der Waals surface area (Å²) in [5.74, 6) is -1.63. The topological polar surface area (TPSA) is 134 Å². The van der Waals surface area contributed by atoms with Gasteiger partial charge in [-0.1, -0.05) is 54.6 Å². The first-order valence-corrected chi connectivity index (χ1v) is 13.0. The standard InChI is InChI=1S/C32H28N4O5/c1-20-7-5-6-10-25(20)35-32-36-26-16-11-21(17-28(26)41-32)18-29(37)33-24-14-12-22(13-15-24)27(19-30(38)39)34-31(40)23-8-3-2-4-9-23/h2-17,27H,18-19H2,1H3,(H,33,37)(H,34,40)(H,35,36)(H,38,39)/t27-/m1/s1. The first-order valence-electron chi connectivity index (χ1n) is 13.0. The zero-order valence-corrected chi connectivity index (χ0v) is 22.3. The number of amides is 2. The van der Waals surface area contributed by atoms with Gasteiger partial charge < -0.3 is 25.5 Å². The number of hydrogen-bond acceptors (Lipinski definition) is 6. The molecule has 2 amide bonds. The molecule has 5 rings (SSSR count). The third kappa shape index (κ3) is 6.96. The largest absolute Gasteiger partial charge is 0.481 e. The van der Waals surface area contributed by atoms with Crippen molar-refractivity contribution in [2.24, 2.45) is 0 Å². The van der Waals surface area contributed by atoms with Crippen LogP contribution in [0.5, 0.6) is 0 Å². The number of nitrogens with one attached hydrogen (secondary N) is 3. The van der Waals surface area contributed by atoms with Gasteiger partial charge in [-0.3, -0.25) is 14.4 Å².